The Hall–Kier alpha value is -1.24. The van der Waals surface area contributed by atoms with Crippen molar-refractivity contribution in [1.82, 2.24) is 5.32 Å². The molecule has 10 heavy (non-hydrogen) atoms. The van der Waals surface area contributed by atoms with Crippen LogP contribution in [0.2, 0.25) is 0 Å². The first kappa shape index (κ1) is 5.54. The maximum Gasteiger partial charge on any atom is 0.0731 e. The number of nitrogens with zero attached hydrogens (tertiary/aromatic N) is 1. The van der Waals surface area contributed by atoms with Gasteiger partial charge in [0.05, 0.1) is 5.69 Å². The first-order chi connectivity index (χ1) is 4.88. The molecule has 0 saturated carbocycles. The highest BCUT2D eigenvalue weighted by atomic mass is 14.9. The van der Waals surface area contributed by atoms with Crippen molar-refractivity contribution < 1.29 is 0 Å². The second-order valence-corrected chi connectivity index (χ2v) is 2.46. The summed E-state index contributed by atoms with van der Waals surface area (Å²) in [6.45, 7) is 2.08. The van der Waals surface area contributed by atoms with Crippen LogP contribution in [0.3, 0.4) is 0 Å². The molecule has 0 unspecified atom stereocenters. The zero-order chi connectivity index (χ0) is 6.97. The van der Waals surface area contributed by atoms with Crippen molar-refractivity contribution in [2.45, 2.75) is 6.92 Å². The Morgan fingerprint density at radius 2 is 2.20 bits per heavy atom. The van der Waals surface area contributed by atoms with Crippen LogP contribution in [0.5, 0.6) is 0 Å². The van der Waals surface area contributed by atoms with Crippen LogP contribution in [0.15, 0.2) is 24.4 Å². The molecule has 0 atom stereocenters. The van der Waals surface area contributed by atoms with Gasteiger partial charge >= 0.3 is 0 Å². The smallest absolute Gasteiger partial charge is 0.0731 e. The first-order valence-electron chi connectivity index (χ1n) is 3.35. The van der Waals surface area contributed by atoms with Gasteiger partial charge in [0.25, 0.3) is 0 Å². The standard InChI is InChI=1S/C9H8N/c1-7-3-2-4-8-5-6-10-9(7)8/h2-6H,1H3. The van der Waals surface area contributed by atoms with Crippen LogP contribution >= 0.6 is 0 Å². The molecular weight excluding hydrogens is 122 g/mol. The predicted octanol–water partition coefficient (Wildman–Crippen LogP) is 2.22. The third kappa shape index (κ3) is 0.637. The van der Waals surface area contributed by atoms with Gasteiger partial charge in [-0.3, -0.25) is 5.32 Å². The molecule has 1 aromatic carbocycles. The van der Waals surface area contributed by atoms with Gasteiger partial charge < -0.3 is 0 Å². The molecule has 1 radical (unpaired) electrons. The molecule has 49 valence electrons. The fourth-order valence-corrected chi connectivity index (χ4v) is 1.18. The molecule has 0 bridgehead atoms. The number of para-hydroxylation sites is 1. The molecule has 0 N–H and O–H groups in total. The molecule has 1 aliphatic rings. The zero-order valence-electron chi connectivity index (χ0n) is 5.83. The van der Waals surface area contributed by atoms with Crippen LogP contribution in [0.4, 0.5) is 5.69 Å². The Morgan fingerprint density at radius 3 is 3.00 bits per heavy atom. The lowest BCUT2D eigenvalue weighted by atomic mass is 10.1. The summed E-state index contributed by atoms with van der Waals surface area (Å²) in [7, 11) is 0. The lowest BCUT2D eigenvalue weighted by molar-refractivity contribution is 1.19. The topological polar surface area (TPSA) is 14.1 Å². The van der Waals surface area contributed by atoms with E-state index in [0.717, 1.165) is 5.69 Å². The van der Waals surface area contributed by atoms with Gasteiger partial charge in [-0.15, -0.1) is 0 Å². The summed E-state index contributed by atoms with van der Waals surface area (Å²) in [6.07, 6.45) is 3.88. The van der Waals surface area contributed by atoms with E-state index < -0.39 is 0 Å². The first-order valence-corrected chi connectivity index (χ1v) is 3.35. The minimum absolute atomic E-state index is 1.13. The predicted molar refractivity (Wildman–Crippen MR) is 42.0 cm³/mol. The Morgan fingerprint density at radius 1 is 1.30 bits per heavy atom. The van der Waals surface area contributed by atoms with Gasteiger partial charge in [-0.05, 0) is 18.6 Å². The third-order valence-electron chi connectivity index (χ3n) is 1.73. The number of hydrogen-bond donors (Lipinski definition) is 0. The summed E-state index contributed by atoms with van der Waals surface area (Å²) in [6, 6.07) is 6.21. The number of rotatable bonds is 0. The highest BCUT2D eigenvalue weighted by Crippen LogP contribution is 2.25. The molecule has 1 nitrogen and oxygen atoms in total. The maximum atomic E-state index is 4.22. The Kier molecular flexibility index (Phi) is 1.04. The average Bonchev–Trinajstić information content (AvgIpc) is 2.36. The van der Waals surface area contributed by atoms with Gasteiger partial charge in [0.15, 0.2) is 0 Å². The van der Waals surface area contributed by atoms with Gasteiger partial charge in [-0.1, -0.05) is 18.2 Å². The molecule has 0 aliphatic carbocycles. The molecule has 0 saturated heterocycles. The zero-order valence-corrected chi connectivity index (χ0v) is 5.83. The van der Waals surface area contributed by atoms with E-state index in [1.165, 1.54) is 11.1 Å². The number of aryl methyl sites for hydroxylation is 1. The summed E-state index contributed by atoms with van der Waals surface area (Å²) in [5, 5.41) is 4.22. The maximum absolute atomic E-state index is 4.22. The molecule has 1 heteroatoms. The molecule has 0 fully saturated rings. The van der Waals surface area contributed by atoms with Crippen LogP contribution < -0.4 is 5.32 Å². The highest BCUT2D eigenvalue weighted by Gasteiger charge is 2.06. The molecule has 1 heterocycles. The minimum atomic E-state index is 1.13. The van der Waals surface area contributed by atoms with Crippen molar-refractivity contribution in [3.63, 3.8) is 0 Å². The average molecular weight is 130 g/mol. The van der Waals surface area contributed by atoms with E-state index in [0.29, 0.717) is 0 Å². The molecule has 1 aliphatic heterocycles. The Labute approximate surface area is 60.4 Å². The van der Waals surface area contributed by atoms with Crippen LogP contribution in [-0.4, -0.2) is 0 Å². The SMILES string of the molecule is Cc1cccc2c1[N]C=C2. The third-order valence-corrected chi connectivity index (χ3v) is 1.73. The summed E-state index contributed by atoms with van der Waals surface area (Å²) in [4.78, 5) is 0. The number of hydrogen-bond acceptors (Lipinski definition) is 0. The second kappa shape index (κ2) is 1.87. The Balaban J connectivity index is 2.66. The molecule has 0 amide bonds. The van der Waals surface area contributed by atoms with Crippen molar-refractivity contribution in [2.24, 2.45) is 0 Å². The highest BCUT2D eigenvalue weighted by molar-refractivity contribution is 5.71. The molecular formula is C9H8N. The summed E-state index contributed by atoms with van der Waals surface area (Å²) in [5.74, 6) is 0. The van der Waals surface area contributed by atoms with Crippen molar-refractivity contribution in [2.75, 3.05) is 0 Å². The van der Waals surface area contributed by atoms with Gasteiger partial charge in [0.1, 0.15) is 0 Å². The van der Waals surface area contributed by atoms with Crippen LogP contribution in [-0.2, 0) is 0 Å². The minimum Gasteiger partial charge on any atom is -0.256 e. The van der Waals surface area contributed by atoms with Gasteiger partial charge in [0.2, 0.25) is 0 Å². The lowest BCUT2D eigenvalue weighted by Gasteiger charge is -1.99. The van der Waals surface area contributed by atoms with Crippen LogP contribution in [0.1, 0.15) is 11.1 Å². The second-order valence-electron chi connectivity index (χ2n) is 2.46. The van der Waals surface area contributed by atoms with E-state index >= 15 is 0 Å². The normalized spacial score (nSPS) is 12.9. The number of fused-ring (bicyclic) bond motifs is 1. The fourth-order valence-electron chi connectivity index (χ4n) is 1.18. The van der Waals surface area contributed by atoms with Gasteiger partial charge in [-0.2, -0.15) is 0 Å². The summed E-state index contributed by atoms with van der Waals surface area (Å²) >= 11 is 0. The summed E-state index contributed by atoms with van der Waals surface area (Å²) in [5.41, 5.74) is 3.62. The van der Waals surface area contributed by atoms with Crippen LogP contribution in [0.25, 0.3) is 6.08 Å². The van der Waals surface area contributed by atoms with Gasteiger partial charge in [-0.25, -0.2) is 0 Å². The van der Waals surface area contributed by atoms with Gasteiger partial charge in [0, 0.05) is 11.8 Å². The van der Waals surface area contributed by atoms with E-state index in [2.05, 4.69) is 30.4 Å². The van der Waals surface area contributed by atoms with E-state index in [1.807, 2.05) is 12.3 Å². The van der Waals surface area contributed by atoms with Crippen molar-refractivity contribution in [1.29, 1.82) is 0 Å². The van der Waals surface area contributed by atoms with E-state index in [1.54, 1.807) is 0 Å². The van der Waals surface area contributed by atoms with E-state index in [4.69, 9.17) is 0 Å². The quantitative estimate of drug-likeness (QED) is 0.511. The fraction of sp³-hybridized carbons (Fsp3) is 0.111. The lowest BCUT2D eigenvalue weighted by Crippen LogP contribution is -1.85. The molecule has 0 spiro atoms. The monoisotopic (exact) mass is 130 g/mol. The number of benzene rings is 1. The van der Waals surface area contributed by atoms with E-state index in [9.17, 15) is 0 Å². The van der Waals surface area contributed by atoms with E-state index in [-0.39, 0.29) is 0 Å². The molecule has 0 aromatic heterocycles. The molecule has 2 rings (SSSR count). The molecule has 1 aromatic rings. The summed E-state index contributed by atoms with van der Waals surface area (Å²) < 4.78 is 0. The Bertz CT molecular complexity index is 287. The van der Waals surface area contributed by atoms with Crippen molar-refractivity contribution in [3.05, 3.63) is 35.5 Å². The van der Waals surface area contributed by atoms with Crippen LogP contribution in [0, 0.1) is 6.92 Å². The van der Waals surface area contributed by atoms with Crippen molar-refractivity contribution in [3.8, 4) is 0 Å². The largest absolute Gasteiger partial charge is 0.256 e. The van der Waals surface area contributed by atoms with Crippen molar-refractivity contribution >= 4 is 11.8 Å².